The van der Waals surface area contributed by atoms with Gasteiger partial charge in [-0.05, 0) is 32.4 Å². The Morgan fingerprint density at radius 2 is 1.85 bits per heavy atom. The molecule has 0 radical (unpaired) electrons. The smallest absolute Gasteiger partial charge is 0.398 e. The largest absolute Gasteiger partial charge is 0.459 e. The molecule has 11 nitrogen and oxygen atoms in total. The molecule has 3 rings (SSSR count). The summed E-state index contributed by atoms with van der Waals surface area (Å²) in [5.41, 5.74) is 6.95. The summed E-state index contributed by atoms with van der Waals surface area (Å²) < 4.78 is 6.30. The number of ether oxygens (including phenoxy) is 1. The van der Waals surface area contributed by atoms with Gasteiger partial charge in [-0.15, -0.1) is 0 Å². The number of benzene rings is 1. The van der Waals surface area contributed by atoms with Crippen LogP contribution in [0.3, 0.4) is 0 Å². The Labute approximate surface area is 190 Å². The lowest BCUT2D eigenvalue weighted by Crippen LogP contribution is -2.45. The van der Waals surface area contributed by atoms with Gasteiger partial charge in [-0.2, -0.15) is 5.10 Å². The molecule has 3 N–H and O–H groups in total. The number of carbonyl (C=O) groups excluding carboxylic acids is 3. The van der Waals surface area contributed by atoms with Gasteiger partial charge in [0.15, 0.2) is 5.82 Å². The van der Waals surface area contributed by atoms with Gasteiger partial charge in [0.25, 0.3) is 5.91 Å². The summed E-state index contributed by atoms with van der Waals surface area (Å²) in [5, 5.41) is 7.31. The maximum Gasteiger partial charge on any atom is 0.398 e. The standard InChI is InChI=1S/C22H25N7O4/c1-5-33-22(32)21(31)28-27-20(30)17-11-23-18(26-19(17)25-13(2)3)15-8-6-7-14(9-15)16-10-24-29(4)12-16/h6-13H,5H2,1-4H3,(H,27,30)(H,28,31)(H,23,25,26). The van der Waals surface area contributed by atoms with E-state index in [-0.39, 0.29) is 24.0 Å². The SMILES string of the molecule is CCOC(=O)C(=O)NNC(=O)c1cnc(-c2cccc(-c3cnn(C)c3)c2)nc1NC(C)C. The molecule has 0 unspecified atom stereocenters. The summed E-state index contributed by atoms with van der Waals surface area (Å²) in [7, 11) is 1.85. The van der Waals surface area contributed by atoms with Crippen molar-refractivity contribution in [3.05, 3.63) is 48.4 Å². The van der Waals surface area contributed by atoms with Crippen molar-refractivity contribution in [2.75, 3.05) is 11.9 Å². The summed E-state index contributed by atoms with van der Waals surface area (Å²) in [6, 6.07) is 7.62. The molecular formula is C22H25N7O4. The van der Waals surface area contributed by atoms with Crippen molar-refractivity contribution < 1.29 is 19.1 Å². The molecule has 0 fully saturated rings. The van der Waals surface area contributed by atoms with Crippen LogP contribution in [0.5, 0.6) is 0 Å². The number of hydrogen-bond donors (Lipinski definition) is 3. The van der Waals surface area contributed by atoms with E-state index in [0.717, 1.165) is 16.7 Å². The van der Waals surface area contributed by atoms with Crippen LogP contribution in [0.15, 0.2) is 42.9 Å². The molecule has 0 atom stereocenters. The number of aromatic nitrogens is 4. The number of esters is 1. The van der Waals surface area contributed by atoms with E-state index < -0.39 is 17.8 Å². The number of nitrogens with zero attached hydrogens (tertiary/aromatic N) is 4. The number of hydrogen-bond acceptors (Lipinski definition) is 8. The van der Waals surface area contributed by atoms with Gasteiger partial charge in [0.2, 0.25) is 0 Å². The first-order valence-electron chi connectivity index (χ1n) is 10.3. The molecule has 0 saturated heterocycles. The van der Waals surface area contributed by atoms with Gasteiger partial charge in [0.05, 0.1) is 12.8 Å². The number of nitrogens with one attached hydrogen (secondary N) is 3. The van der Waals surface area contributed by atoms with Gasteiger partial charge in [0.1, 0.15) is 11.4 Å². The van der Waals surface area contributed by atoms with Crippen LogP contribution in [-0.2, 0) is 21.4 Å². The molecule has 2 aromatic heterocycles. The van der Waals surface area contributed by atoms with Crippen molar-refractivity contribution in [3.8, 4) is 22.5 Å². The Hall–Kier alpha value is -4.28. The van der Waals surface area contributed by atoms with Crippen LogP contribution in [0.4, 0.5) is 5.82 Å². The second-order valence-electron chi connectivity index (χ2n) is 7.37. The predicted octanol–water partition coefficient (Wildman–Crippen LogP) is 1.69. The van der Waals surface area contributed by atoms with Crippen LogP contribution >= 0.6 is 0 Å². The maximum absolute atomic E-state index is 12.6. The molecular weight excluding hydrogens is 426 g/mol. The highest BCUT2D eigenvalue weighted by atomic mass is 16.5. The van der Waals surface area contributed by atoms with E-state index in [9.17, 15) is 14.4 Å². The quantitative estimate of drug-likeness (QED) is 0.292. The van der Waals surface area contributed by atoms with E-state index in [1.807, 2.05) is 56.8 Å². The zero-order valence-corrected chi connectivity index (χ0v) is 18.7. The Morgan fingerprint density at radius 3 is 2.52 bits per heavy atom. The zero-order valence-electron chi connectivity index (χ0n) is 18.7. The van der Waals surface area contributed by atoms with Gasteiger partial charge in [0, 0.05) is 36.6 Å². The van der Waals surface area contributed by atoms with Gasteiger partial charge in [-0.3, -0.25) is 25.1 Å². The van der Waals surface area contributed by atoms with Crippen molar-refractivity contribution in [1.82, 2.24) is 30.6 Å². The number of aryl methyl sites for hydroxylation is 1. The van der Waals surface area contributed by atoms with E-state index in [4.69, 9.17) is 0 Å². The van der Waals surface area contributed by atoms with E-state index in [1.54, 1.807) is 17.8 Å². The number of hydrazine groups is 1. The lowest BCUT2D eigenvalue weighted by Gasteiger charge is -2.15. The van der Waals surface area contributed by atoms with Crippen LogP contribution < -0.4 is 16.2 Å². The minimum atomic E-state index is -1.10. The molecule has 1 aromatic carbocycles. The summed E-state index contributed by atoms with van der Waals surface area (Å²) in [5.74, 6) is -2.18. The topological polar surface area (TPSA) is 140 Å². The Morgan fingerprint density at radius 1 is 1.09 bits per heavy atom. The summed E-state index contributed by atoms with van der Waals surface area (Å²) >= 11 is 0. The normalized spacial score (nSPS) is 10.6. The molecule has 0 spiro atoms. The molecule has 0 aliphatic heterocycles. The highest BCUT2D eigenvalue weighted by molar-refractivity contribution is 6.32. The third-order valence-electron chi connectivity index (χ3n) is 4.37. The predicted molar refractivity (Wildman–Crippen MR) is 121 cm³/mol. The van der Waals surface area contributed by atoms with E-state index in [1.165, 1.54) is 6.20 Å². The summed E-state index contributed by atoms with van der Waals surface area (Å²) in [6.45, 7) is 5.41. The van der Waals surface area contributed by atoms with E-state index in [0.29, 0.717) is 5.82 Å². The van der Waals surface area contributed by atoms with Gasteiger partial charge in [-0.25, -0.2) is 14.8 Å². The second kappa shape index (κ2) is 10.4. The van der Waals surface area contributed by atoms with Gasteiger partial charge >= 0.3 is 11.9 Å². The van der Waals surface area contributed by atoms with Crippen LogP contribution in [-0.4, -0.2) is 50.2 Å². The highest BCUT2D eigenvalue weighted by Crippen LogP contribution is 2.25. The first-order valence-corrected chi connectivity index (χ1v) is 10.3. The van der Waals surface area contributed by atoms with Crippen LogP contribution in [0, 0.1) is 0 Å². The Balaban J connectivity index is 1.86. The molecule has 33 heavy (non-hydrogen) atoms. The molecule has 2 amide bonds. The van der Waals surface area contributed by atoms with Gasteiger partial charge < -0.3 is 10.1 Å². The summed E-state index contributed by atoms with van der Waals surface area (Å²) in [6.07, 6.45) is 5.03. The first kappa shape index (κ1) is 23.4. The second-order valence-corrected chi connectivity index (χ2v) is 7.37. The van der Waals surface area contributed by atoms with Crippen LogP contribution in [0.2, 0.25) is 0 Å². The van der Waals surface area contributed by atoms with Crippen molar-refractivity contribution in [2.45, 2.75) is 26.8 Å². The maximum atomic E-state index is 12.6. The Bertz CT molecular complexity index is 1170. The molecule has 0 aliphatic rings. The first-order chi connectivity index (χ1) is 15.8. The third kappa shape index (κ3) is 5.91. The molecule has 3 aromatic rings. The monoisotopic (exact) mass is 451 g/mol. The average Bonchev–Trinajstić information content (AvgIpc) is 3.23. The molecule has 0 bridgehead atoms. The summed E-state index contributed by atoms with van der Waals surface area (Å²) in [4.78, 5) is 44.6. The van der Waals surface area contributed by atoms with Crippen LogP contribution in [0.1, 0.15) is 31.1 Å². The fourth-order valence-electron chi connectivity index (χ4n) is 2.91. The molecule has 2 heterocycles. The molecule has 0 aliphatic carbocycles. The van der Waals surface area contributed by atoms with Crippen molar-refractivity contribution in [1.29, 1.82) is 0 Å². The minimum absolute atomic E-state index is 0.0323. The number of carbonyl (C=O) groups is 3. The zero-order chi connectivity index (χ0) is 24.0. The fraction of sp³-hybridized carbons (Fsp3) is 0.273. The third-order valence-corrected chi connectivity index (χ3v) is 4.37. The fourth-order valence-corrected chi connectivity index (χ4v) is 2.91. The van der Waals surface area contributed by atoms with Gasteiger partial charge in [-0.1, -0.05) is 18.2 Å². The number of rotatable bonds is 6. The molecule has 11 heteroatoms. The van der Waals surface area contributed by atoms with Crippen molar-refractivity contribution in [3.63, 3.8) is 0 Å². The lowest BCUT2D eigenvalue weighted by atomic mass is 10.1. The van der Waals surface area contributed by atoms with E-state index >= 15 is 0 Å². The van der Waals surface area contributed by atoms with Crippen LogP contribution in [0.25, 0.3) is 22.5 Å². The van der Waals surface area contributed by atoms with Crippen molar-refractivity contribution in [2.24, 2.45) is 7.05 Å². The van der Waals surface area contributed by atoms with Crippen molar-refractivity contribution >= 4 is 23.6 Å². The van der Waals surface area contributed by atoms with E-state index in [2.05, 4.69) is 30.5 Å². The Kier molecular flexibility index (Phi) is 7.34. The average molecular weight is 451 g/mol. The number of amides is 2. The molecule has 172 valence electrons. The molecule has 0 saturated carbocycles. The minimum Gasteiger partial charge on any atom is -0.459 e. The number of anilines is 1. The lowest BCUT2D eigenvalue weighted by molar-refractivity contribution is -0.154. The highest BCUT2D eigenvalue weighted by Gasteiger charge is 2.20.